The van der Waals surface area contributed by atoms with E-state index in [9.17, 15) is 18.2 Å². The fraction of sp³-hybridized carbons (Fsp3) is 0.267. The van der Waals surface area contributed by atoms with E-state index in [-0.39, 0.29) is 4.90 Å². The van der Waals surface area contributed by atoms with Crippen molar-refractivity contribution < 1.29 is 13.4 Å². The zero-order chi connectivity index (χ0) is 18.1. The molecular weight excluding hydrogens is 357 g/mol. The fourth-order valence-electron chi connectivity index (χ4n) is 1.58. The number of rotatable bonds is 3. The number of benzene rings is 1. The van der Waals surface area contributed by atoms with E-state index in [0.717, 1.165) is 6.20 Å². The monoisotopic (exact) mass is 371 g/mol. The van der Waals surface area contributed by atoms with E-state index in [1.54, 1.807) is 20.8 Å². The summed E-state index contributed by atoms with van der Waals surface area (Å²) in [7, 11) is -1.98. The lowest BCUT2D eigenvalue weighted by Gasteiger charge is -2.17. The van der Waals surface area contributed by atoms with Crippen LogP contribution in [0.4, 0.5) is 10.2 Å². The summed E-state index contributed by atoms with van der Waals surface area (Å²) >= 11 is 5.74. The molecule has 1 amide bonds. The zero-order valence-electron chi connectivity index (χ0n) is 13.2. The normalized spacial score (nSPS) is 12.7. The van der Waals surface area contributed by atoms with Crippen LogP contribution < -0.4 is 11.0 Å². The predicted octanol–water partition coefficient (Wildman–Crippen LogP) is 2.59. The van der Waals surface area contributed by atoms with Gasteiger partial charge in [0.2, 0.25) is 5.91 Å². The summed E-state index contributed by atoms with van der Waals surface area (Å²) < 4.78 is 27.1. The van der Waals surface area contributed by atoms with E-state index < -0.39 is 39.6 Å². The Balaban J connectivity index is 2.36. The highest BCUT2D eigenvalue weighted by molar-refractivity contribution is 7.83. The summed E-state index contributed by atoms with van der Waals surface area (Å²) in [6.07, 6.45) is 0.748. The Kier molecular flexibility index (Phi) is 5.19. The van der Waals surface area contributed by atoms with Crippen LogP contribution in [0.3, 0.4) is 0 Å². The Morgan fingerprint density at radius 2 is 1.88 bits per heavy atom. The third kappa shape index (κ3) is 4.07. The van der Waals surface area contributed by atoms with E-state index in [2.05, 4.69) is 10.3 Å². The van der Waals surface area contributed by atoms with Crippen LogP contribution in [-0.4, -0.2) is 19.1 Å². The molecule has 0 bridgehead atoms. The van der Waals surface area contributed by atoms with E-state index >= 15 is 0 Å². The second-order valence-corrected chi connectivity index (χ2v) is 7.75. The molecule has 0 spiro atoms. The second kappa shape index (κ2) is 6.82. The first-order valence-electron chi connectivity index (χ1n) is 6.88. The van der Waals surface area contributed by atoms with Gasteiger partial charge in [-0.25, -0.2) is 17.4 Å². The van der Waals surface area contributed by atoms with E-state index in [4.69, 9.17) is 11.6 Å². The molecule has 0 aliphatic heterocycles. The van der Waals surface area contributed by atoms with Gasteiger partial charge in [0.1, 0.15) is 0 Å². The third-order valence-electron chi connectivity index (χ3n) is 2.96. The molecule has 2 rings (SSSR count). The van der Waals surface area contributed by atoms with Gasteiger partial charge in [-0.1, -0.05) is 32.4 Å². The Hall–Kier alpha value is -2.06. The van der Waals surface area contributed by atoms with Gasteiger partial charge >= 0.3 is 5.69 Å². The molecule has 0 aliphatic rings. The molecule has 9 heteroatoms. The van der Waals surface area contributed by atoms with Crippen LogP contribution in [0.1, 0.15) is 20.8 Å². The van der Waals surface area contributed by atoms with Gasteiger partial charge in [-0.05, 0) is 24.3 Å². The number of carbonyl (C=O) groups is 1. The van der Waals surface area contributed by atoms with Crippen molar-refractivity contribution in [3.63, 3.8) is 0 Å². The first-order chi connectivity index (χ1) is 11.1. The highest BCUT2D eigenvalue weighted by Crippen LogP contribution is 2.18. The summed E-state index contributed by atoms with van der Waals surface area (Å²) in [5.41, 5.74) is -1.73. The molecule has 6 nitrogen and oxygen atoms in total. The average molecular weight is 372 g/mol. The van der Waals surface area contributed by atoms with Gasteiger partial charge < -0.3 is 5.32 Å². The number of amides is 1. The molecular formula is C15H15ClFN3O3S. The topological polar surface area (TPSA) is 81.1 Å². The van der Waals surface area contributed by atoms with Crippen LogP contribution in [0.25, 0.3) is 0 Å². The molecule has 0 radical (unpaired) electrons. The lowest BCUT2D eigenvalue weighted by molar-refractivity contribution is -0.123. The van der Waals surface area contributed by atoms with Crippen molar-refractivity contribution in [3.8, 4) is 0 Å². The zero-order valence-corrected chi connectivity index (χ0v) is 14.7. The minimum absolute atomic E-state index is 0.258. The van der Waals surface area contributed by atoms with E-state index in [1.165, 1.54) is 24.3 Å². The van der Waals surface area contributed by atoms with Gasteiger partial charge in [0, 0.05) is 10.4 Å². The van der Waals surface area contributed by atoms with Gasteiger partial charge in [-0.15, -0.1) is 0 Å². The van der Waals surface area contributed by atoms with Crippen LogP contribution in [0.15, 0.2) is 40.2 Å². The lowest BCUT2D eigenvalue weighted by Crippen LogP contribution is -2.32. The number of anilines is 1. The van der Waals surface area contributed by atoms with Crippen molar-refractivity contribution in [2.24, 2.45) is 5.41 Å². The molecule has 1 aromatic carbocycles. The molecule has 0 saturated heterocycles. The third-order valence-corrected chi connectivity index (χ3v) is 4.51. The van der Waals surface area contributed by atoms with Crippen molar-refractivity contribution in [1.82, 2.24) is 8.96 Å². The van der Waals surface area contributed by atoms with Crippen LogP contribution >= 0.6 is 11.6 Å². The minimum atomic E-state index is -1.98. The van der Waals surface area contributed by atoms with Gasteiger partial charge in [-0.3, -0.25) is 4.79 Å². The van der Waals surface area contributed by atoms with Crippen LogP contribution in [0.5, 0.6) is 0 Å². The van der Waals surface area contributed by atoms with Gasteiger partial charge in [0.15, 0.2) is 22.6 Å². The van der Waals surface area contributed by atoms with Crippen molar-refractivity contribution in [2.45, 2.75) is 25.7 Å². The number of hydrogen-bond acceptors (Lipinski definition) is 4. The highest BCUT2D eigenvalue weighted by Gasteiger charge is 2.24. The molecule has 1 unspecified atom stereocenters. The summed E-state index contributed by atoms with van der Waals surface area (Å²) in [6.45, 7) is 4.91. The molecule has 0 fully saturated rings. The van der Waals surface area contributed by atoms with Gasteiger partial charge in [0.05, 0.1) is 11.1 Å². The average Bonchev–Trinajstić information content (AvgIpc) is 2.49. The summed E-state index contributed by atoms with van der Waals surface area (Å²) in [4.78, 5) is 27.6. The summed E-state index contributed by atoms with van der Waals surface area (Å²) in [5.74, 6) is -1.95. The molecule has 1 heterocycles. The number of hydrogen-bond donors (Lipinski definition) is 1. The maximum Gasteiger partial charge on any atom is 0.362 e. The molecule has 128 valence electrons. The molecule has 2 aromatic rings. The van der Waals surface area contributed by atoms with Crippen LogP contribution in [0, 0.1) is 11.2 Å². The van der Waals surface area contributed by atoms with Crippen molar-refractivity contribution >= 4 is 34.3 Å². The smallest absolute Gasteiger partial charge is 0.308 e. The minimum Gasteiger partial charge on any atom is -0.308 e. The Labute approximate surface area is 145 Å². The Morgan fingerprint density at radius 3 is 2.42 bits per heavy atom. The second-order valence-electron chi connectivity index (χ2n) is 5.95. The predicted molar refractivity (Wildman–Crippen MR) is 89.8 cm³/mol. The first kappa shape index (κ1) is 18.3. The maximum absolute atomic E-state index is 14.1. The molecule has 1 aromatic heterocycles. The Bertz CT molecular complexity index is 860. The SMILES string of the molecule is CC(C)(C)C(=O)Nc1nc(=O)n(S(=O)c2ccc(Cl)cc2)cc1F. The summed E-state index contributed by atoms with van der Waals surface area (Å²) in [5, 5.41) is 2.69. The molecule has 1 N–H and O–H groups in total. The molecule has 0 saturated carbocycles. The summed E-state index contributed by atoms with van der Waals surface area (Å²) in [6, 6.07) is 5.92. The van der Waals surface area contributed by atoms with Gasteiger partial charge in [0.25, 0.3) is 0 Å². The van der Waals surface area contributed by atoms with Crippen LogP contribution in [0.2, 0.25) is 5.02 Å². The number of nitrogens with zero attached hydrogens (tertiary/aromatic N) is 2. The lowest BCUT2D eigenvalue weighted by atomic mass is 9.96. The number of carbonyl (C=O) groups excluding carboxylic acids is 1. The quantitative estimate of drug-likeness (QED) is 0.899. The van der Waals surface area contributed by atoms with Crippen molar-refractivity contribution in [1.29, 1.82) is 0 Å². The maximum atomic E-state index is 14.1. The molecule has 0 aliphatic carbocycles. The standard InChI is InChI=1S/C15H15ClFN3O3S/c1-15(2,3)13(21)18-12-11(17)8-20(14(22)19-12)24(23)10-6-4-9(16)5-7-10/h4-8H,1-3H3,(H,18,19,21,22). The first-order valence-corrected chi connectivity index (χ1v) is 8.36. The largest absolute Gasteiger partial charge is 0.362 e. The van der Waals surface area contributed by atoms with E-state index in [1.807, 2.05) is 0 Å². The van der Waals surface area contributed by atoms with Crippen molar-refractivity contribution in [2.75, 3.05) is 5.32 Å². The fourth-order valence-corrected chi connectivity index (χ4v) is 2.68. The number of halogens is 2. The van der Waals surface area contributed by atoms with Gasteiger partial charge in [-0.2, -0.15) is 4.98 Å². The van der Waals surface area contributed by atoms with Crippen LogP contribution in [-0.2, 0) is 15.8 Å². The number of aromatic nitrogens is 2. The number of nitrogens with one attached hydrogen (secondary N) is 1. The molecule has 1 atom stereocenters. The Morgan fingerprint density at radius 1 is 1.29 bits per heavy atom. The van der Waals surface area contributed by atoms with Crippen molar-refractivity contribution in [3.05, 3.63) is 51.8 Å². The van der Waals surface area contributed by atoms with E-state index in [0.29, 0.717) is 9.00 Å². The molecule has 24 heavy (non-hydrogen) atoms. The highest BCUT2D eigenvalue weighted by atomic mass is 35.5.